The summed E-state index contributed by atoms with van der Waals surface area (Å²) < 4.78 is 20.7. The van der Waals surface area contributed by atoms with Gasteiger partial charge in [-0.05, 0) is 37.8 Å². The Kier molecular flexibility index (Phi) is 5.08. The normalized spacial score (nSPS) is 14.0. The zero-order valence-corrected chi connectivity index (χ0v) is 15.5. The first-order valence-electron chi connectivity index (χ1n) is 8.83. The van der Waals surface area contributed by atoms with E-state index in [1.165, 1.54) is 18.5 Å². The van der Waals surface area contributed by atoms with Crippen LogP contribution in [-0.4, -0.2) is 26.3 Å². The smallest absolute Gasteiger partial charge is 0.158 e. The number of aromatic nitrogens is 4. The van der Waals surface area contributed by atoms with Gasteiger partial charge < -0.3 is 10.1 Å². The Bertz CT molecular complexity index is 1020. The number of ether oxygens (including phenoxy) is 1. The molecule has 0 radical (unpaired) electrons. The fourth-order valence-electron chi connectivity index (χ4n) is 3.19. The summed E-state index contributed by atoms with van der Waals surface area (Å²) in [6.07, 6.45) is 6.93. The van der Waals surface area contributed by atoms with E-state index in [0.717, 1.165) is 25.7 Å². The lowest BCUT2D eigenvalue weighted by Gasteiger charge is -2.16. The fraction of sp³-hybridized carbons (Fsp3) is 0.263. The molecule has 0 spiro atoms. The van der Waals surface area contributed by atoms with Crippen LogP contribution in [0.4, 0.5) is 16.0 Å². The van der Waals surface area contributed by atoms with E-state index < -0.39 is 5.82 Å². The molecule has 142 valence electrons. The summed E-state index contributed by atoms with van der Waals surface area (Å²) in [6.45, 7) is 0. The first-order valence-corrected chi connectivity index (χ1v) is 9.21. The van der Waals surface area contributed by atoms with Gasteiger partial charge in [0.1, 0.15) is 23.5 Å². The lowest BCUT2D eigenvalue weighted by Crippen LogP contribution is -2.12. The van der Waals surface area contributed by atoms with Crippen molar-refractivity contribution >= 4 is 23.2 Å². The molecule has 0 saturated heterocycles. The summed E-state index contributed by atoms with van der Waals surface area (Å²) in [4.78, 5) is 8.01. The van der Waals surface area contributed by atoms with Crippen LogP contribution in [0.3, 0.4) is 0 Å². The number of aromatic amines is 1. The molecule has 2 aromatic heterocycles. The monoisotopic (exact) mass is 398 g/mol. The lowest BCUT2D eigenvalue weighted by atomic mass is 10.1. The number of anilines is 2. The Hall–Kier alpha value is -3.18. The summed E-state index contributed by atoms with van der Waals surface area (Å²) in [7, 11) is 0. The van der Waals surface area contributed by atoms with Crippen LogP contribution in [0.2, 0.25) is 5.02 Å². The standard InChI is InChI=1S/C19H16ClFN6O/c20-11-5-14(21)19(16(6-11)28-13-3-1-2-4-13)15-7-17(27-26-15)25-18-10-23-12(8-22)9-24-18/h5-7,9-10,13H,1-4H2,(H2,24,25,26,27). The third-order valence-corrected chi connectivity index (χ3v) is 4.70. The highest BCUT2D eigenvalue weighted by molar-refractivity contribution is 6.30. The van der Waals surface area contributed by atoms with Crippen molar-refractivity contribution < 1.29 is 9.13 Å². The molecular weight excluding hydrogens is 383 g/mol. The molecule has 7 nitrogen and oxygen atoms in total. The van der Waals surface area contributed by atoms with Gasteiger partial charge in [-0.2, -0.15) is 10.4 Å². The molecule has 1 aromatic carbocycles. The van der Waals surface area contributed by atoms with E-state index in [1.54, 1.807) is 12.1 Å². The zero-order valence-electron chi connectivity index (χ0n) is 14.7. The van der Waals surface area contributed by atoms with Crippen LogP contribution in [0, 0.1) is 17.1 Å². The van der Waals surface area contributed by atoms with E-state index in [0.29, 0.717) is 23.1 Å². The van der Waals surface area contributed by atoms with Gasteiger partial charge in [-0.1, -0.05) is 11.6 Å². The van der Waals surface area contributed by atoms with Gasteiger partial charge in [0, 0.05) is 11.1 Å². The molecule has 0 bridgehead atoms. The van der Waals surface area contributed by atoms with Crippen LogP contribution in [-0.2, 0) is 0 Å². The number of H-pyrrole nitrogens is 1. The highest BCUT2D eigenvalue weighted by Crippen LogP contribution is 2.37. The number of nitrogens with zero attached hydrogens (tertiary/aromatic N) is 4. The van der Waals surface area contributed by atoms with Crippen molar-refractivity contribution in [2.45, 2.75) is 31.8 Å². The van der Waals surface area contributed by atoms with Crippen molar-refractivity contribution in [1.29, 1.82) is 5.26 Å². The Morgan fingerprint density at radius 2 is 2.00 bits per heavy atom. The average Bonchev–Trinajstić information content (AvgIpc) is 3.34. The van der Waals surface area contributed by atoms with Crippen LogP contribution < -0.4 is 10.1 Å². The second kappa shape index (κ2) is 7.82. The number of rotatable bonds is 5. The van der Waals surface area contributed by atoms with Crippen LogP contribution in [0.1, 0.15) is 31.4 Å². The second-order valence-corrected chi connectivity index (χ2v) is 6.91. The first kappa shape index (κ1) is 18.2. The van der Waals surface area contributed by atoms with Crippen molar-refractivity contribution in [3.63, 3.8) is 0 Å². The molecule has 0 amide bonds. The number of benzene rings is 1. The number of hydrogen-bond acceptors (Lipinski definition) is 6. The molecule has 1 aliphatic carbocycles. The molecule has 2 N–H and O–H groups in total. The summed E-state index contributed by atoms with van der Waals surface area (Å²) in [6, 6.07) is 6.42. The molecule has 2 heterocycles. The van der Waals surface area contributed by atoms with Crippen LogP contribution in [0.25, 0.3) is 11.3 Å². The van der Waals surface area contributed by atoms with Gasteiger partial charge in [0.05, 0.1) is 29.8 Å². The molecule has 0 unspecified atom stereocenters. The van der Waals surface area contributed by atoms with E-state index in [9.17, 15) is 4.39 Å². The van der Waals surface area contributed by atoms with Crippen molar-refractivity contribution in [3.8, 4) is 23.1 Å². The predicted molar refractivity (Wildman–Crippen MR) is 102 cm³/mol. The Balaban J connectivity index is 1.61. The predicted octanol–water partition coefficient (Wildman–Crippen LogP) is 4.60. The number of nitrogens with one attached hydrogen (secondary N) is 2. The second-order valence-electron chi connectivity index (χ2n) is 6.48. The molecule has 1 aliphatic rings. The molecule has 0 aliphatic heterocycles. The highest BCUT2D eigenvalue weighted by atomic mass is 35.5. The Labute approximate surface area is 165 Å². The van der Waals surface area contributed by atoms with Gasteiger partial charge in [0.15, 0.2) is 11.5 Å². The largest absolute Gasteiger partial charge is 0.490 e. The molecule has 1 saturated carbocycles. The van der Waals surface area contributed by atoms with Gasteiger partial charge in [-0.15, -0.1) is 0 Å². The maximum absolute atomic E-state index is 14.7. The van der Waals surface area contributed by atoms with Crippen molar-refractivity contribution in [2.75, 3.05) is 5.32 Å². The molecule has 0 atom stereocenters. The molecule has 9 heteroatoms. The maximum Gasteiger partial charge on any atom is 0.158 e. The molecule has 3 aromatic rings. The Morgan fingerprint density at radius 1 is 1.18 bits per heavy atom. The fourth-order valence-corrected chi connectivity index (χ4v) is 3.38. The van der Waals surface area contributed by atoms with Gasteiger partial charge in [0.2, 0.25) is 0 Å². The third kappa shape index (κ3) is 3.89. The SMILES string of the molecule is N#Cc1cnc(Nc2cc(-c3c(F)cc(Cl)cc3OC3CCCC3)[nH]n2)cn1. The van der Waals surface area contributed by atoms with Crippen molar-refractivity contribution in [3.05, 3.63) is 47.1 Å². The minimum absolute atomic E-state index is 0.0612. The van der Waals surface area contributed by atoms with E-state index in [4.69, 9.17) is 21.6 Å². The van der Waals surface area contributed by atoms with Crippen molar-refractivity contribution in [2.24, 2.45) is 0 Å². The number of hydrogen-bond donors (Lipinski definition) is 2. The summed E-state index contributed by atoms with van der Waals surface area (Å²) in [5.74, 6) is 0.741. The minimum atomic E-state index is -0.492. The topological polar surface area (TPSA) is 99.5 Å². The molecule has 28 heavy (non-hydrogen) atoms. The first-order chi connectivity index (χ1) is 13.6. The van der Waals surface area contributed by atoms with Crippen LogP contribution in [0.5, 0.6) is 5.75 Å². The van der Waals surface area contributed by atoms with Gasteiger partial charge in [-0.25, -0.2) is 14.4 Å². The van der Waals surface area contributed by atoms with Crippen molar-refractivity contribution in [1.82, 2.24) is 20.2 Å². The van der Waals surface area contributed by atoms with Gasteiger partial charge in [-0.3, -0.25) is 5.10 Å². The van der Waals surface area contributed by atoms with E-state index in [-0.39, 0.29) is 22.4 Å². The number of halogens is 2. The van der Waals surface area contributed by atoms with E-state index in [2.05, 4.69) is 25.5 Å². The maximum atomic E-state index is 14.7. The minimum Gasteiger partial charge on any atom is -0.490 e. The summed E-state index contributed by atoms with van der Waals surface area (Å²) >= 11 is 6.04. The summed E-state index contributed by atoms with van der Waals surface area (Å²) in [5.41, 5.74) is 0.944. The van der Waals surface area contributed by atoms with Crippen LogP contribution in [0.15, 0.2) is 30.6 Å². The van der Waals surface area contributed by atoms with E-state index >= 15 is 0 Å². The zero-order chi connectivity index (χ0) is 19.5. The van der Waals surface area contributed by atoms with Gasteiger partial charge >= 0.3 is 0 Å². The highest BCUT2D eigenvalue weighted by Gasteiger charge is 2.22. The van der Waals surface area contributed by atoms with Gasteiger partial charge in [0.25, 0.3) is 0 Å². The number of nitriles is 1. The molecule has 4 rings (SSSR count). The Morgan fingerprint density at radius 3 is 2.71 bits per heavy atom. The van der Waals surface area contributed by atoms with E-state index in [1.807, 2.05) is 6.07 Å². The van der Waals surface area contributed by atoms with Crippen LogP contribution >= 0.6 is 11.6 Å². The molecular formula is C19H16ClFN6O. The average molecular weight is 399 g/mol. The molecule has 1 fully saturated rings. The third-order valence-electron chi connectivity index (χ3n) is 4.48. The summed E-state index contributed by atoms with van der Waals surface area (Å²) in [5, 5.41) is 19.0. The quantitative estimate of drug-likeness (QED) is 0.651. The lowest BCUT2D eigenvalue weighted by molar-refractivity contribution is 0.210.